The fourth-order valence-electron chi connectivity index (χ4n) is 4.03. The van der Waals surface area contributed by atoms with Gasteiger partial charge in [-0.25, -0.2) is 0 Å². The van der Waals surface area contributed by atoms with Crippen LogP contribution >= 0.6 is 0 Å². The van der Waals surface area contributed by atoms with Gasteiger partial charge in [0.15, 0.2) is 5.96 Å². The van der Waals surface area contributed by atoms with Crippen LogP contribution in [0.25, 0.3) is 0 Å². The first-order valence-corrected chi connectivity index (χ1v) is 10.2. The zero-order valence-corrected chi connectivity index (χ0v) is 16.9. The molecule has 2 aromatic rings. The Hall–Kier alpha value is -2.30. The molecule has 2 unspecified atom stereocenters. The number of aromatic nitrogens is 2. The number of aryl methyl sites for hydroxylation is 2. The number of hydrogen-bond donors (Lipinski definition) is 1. The standard InChI is InChI=1S/C22H33N5/c1-4-23-22(24-13-8-9-19-15-25-26(3)17-19)27-14-12-21(18(2)16-27)20-10-6-5-7-11-20/h5-7,10-11,15,17-18,21H,4,8-9,12-14,16H2,1-3H3,(H,23,24). The molecule has 1 fully saturated rings. The molecule has 2 heterocycles. The van der Waals surface area contributed by atoms with Crippen LogP contribution in [0.5, 0.6) is 0 Å². The third-order valence-electron chi connectivity index (χ3n) is 5.41. The van der Waals surface area contributed by atoms with Crippen molar-refractivity contribution in [2.24, 2.45) is 18.0 Å². The van der Waals surface area contributed by atoms with Gasteiger partial charge in [0, 0.05) is 39.4 Å². The number of likely N-dealkylation sites (tertiary alicyclic amines) is 1. The van der Waals surface area contributed by atoms with Crippen LogP contribution in [0.3, 0.4) is 0 Å². The van der Waals surface area contributed by atoms with Crippen molar-refractivity contribution in [3.8, 4) is 0 Å². The van der Waals surface area contributed by atoms with Crippen LogP contribution in [0.15, 0.2) is 47.7 Å². The lowest BCUT2D eigenvalue weighted by molar-refractivity contribution is 0.234. The SMILES string of the molecule is CCNC(=NCCCc1cnn(C)c1)N1CCC(c2ccccc2)C(C)C1. The zero-order valence-electron chi connectivity index (χ0n) is 16.9. The molecule has 1 aromatic carbocycles. The maximum Gasteiger partial charge on any atom is 0.193 e. The monoisotopic (exact) mass is 367 g/mol. The van der Waals surface area contributed by atoms with E-state index in [1.165, 1.54) is 17.5 Å². The first-order valence-electron chi connectivity index (χ1n) is 10.2. The van der Waals surface area contributed by atoms with Gasteiger partial charge >= 0.3 is 0 Å². The molecule has 0 aliphatic carbocycles. The number of rotatable bonds is 6. The lowest BCUT2D eigenvalue weighted by atomic mass is 9.82. The van der Waals surface area contributed by atoms with Crippen molar-refractivity contribution in [3.05, 3.63) is 53.9 Å². The predicted molar refractivity (Wildman–Crippen MR) is 112 cm³/mol. The predicted octanol–water partition coefficient (Wildman–Crippen LogP) is 3.44. The molecule has 27 heavy (non-hydrogen) atoms. The number of guanidine groups is 1. The molecule has 1 N–H and O–H groups in total. The van der Waals surface area contributed by atoms with Crippen molar-refractivity contribution >= 4 is 5.96 Å². The molecule has 5 heteroatoms. The Labute approximate surface area is 163 Å². The summed E-state index contributed by atoms with van der Waals surface area (Å²) in [6.45, 7) is 8.41. The molecule has 1 saturated heterocycles. The highest BCUT2D eigenvalue weighted by Crippen LogP contribution is 2.32. The van der Waals surface area contributed by atoms with Crippen molar-refractivity contribution in [1.82, 2.24) is 20.0 Å². The fraction of sp³-hybridized carbons (Fsp3) is 0.545. The molecular weight excluding hydrogens is 334 g/mol. The van der Waals surface area contributed by atoms with E-state index in [1.807, 2.05) is 17.9 Å². The number of hydrogen-bond acceptors (Lipinski definition) is 2. The minimum atomic E-state index is 0.625. The molecule has 0 spiro atoms. The molecule has 1 aliphatic rings. The van der Waals surface area contributed by atoms with E-state index < -0.39 is 0 Å². The highest BCUT2D eigenvalue weighted by atomic mass is 15.3. The minimum absolute atomic E-state index is 0.625. The molecule has 5 nitrogen and oxygen atoms in total. The number of nitrogens with one attached hydrogen (secondary N) is 1. The van der Waals surface area contributed by atoms with E-state index in [1.54, 1.807) is 0 Å². The van der Waals surface area contributed by atoms with Gasteiger partial charge in [0.2, 0.25) is 0 Å². The van der Waals surface area contributed by atoms with Crippen molar-refractivity contribution in [2.75, 3.05) is 26.2 Å². The summed E-state index contributed by atoms with van der Waals surface area (Å²) in [6.07, 6.45) is 7.31. The van der Waals surface area contributed by atoms with Crippen molar-refractivity contribution in [1.29, 1.82) is 0 Å². The first kappa shape index (κ1) is 19.5. The lowest BCUT2D eigenvalue weighted by Crippen LogP contribution is -2.48. The van der Waals surface area contributed by atoms with Crippen LogP contribution in [0.1, 0.15) is 43.7 Å². The third kappa shape index (κ3) is 5.34. The average molecular weight is 368 g/mol. The van der Waals surface area contributed by atoms with Gasteiger partial charge in [0.05, 0.1) is 6.20 Å². The van der Waals surface area contributed by atoms with Gasteiger partial charge in [0.25, 0.3) is 0 Å². The summed E-state index contributed by atoms with van der Waals surface area (Å²) in [7, 11) is 1.96. The molecule has 0 bridgehead atoms. The maximum atomic E-state index is 4.90. The topological polar surface area (TPSA) is 45.5 Å². The summed E-state index contributed by atoms with van der Waals surface area (Å²) in [5.74, 6) is 2.35. The normalized spacial score (nSPS) is 20.7. The van der Waals surface area contributed by atoms with Crippen LogP contribution < -0.4 is 5.32 Å². The molecular formula is C22H33N5. The van der Waals surface area contributed by atoms with Gasteiger partial charge in [-0.3, -0.25) is 9.67 Å². The van der Waals surface area contributed by atoms with Gasteiger partial charge < -0.3 is 10.2 Å². The Morgan fingerprint density at radius 3 is 2.78 bits per heavy atom. The third-order valence-corrected chi connectivity index (χ3v) is 5.41. The summed E-state index contributed by atoms with van der Waals surface area (Å²) in [4.78, 5) is 7.34. The van der Waals surface area contributed by atoms with Gasteiger partial charge in [-0.2, -0.15) is 5.10 Å². The van der Waals surface area contributed by atoms with E-state index in [0.717, 1.165) is 45.0 Å². The Morgan fingerprint density at radius 2 is 2.11 bits per heavy atom. The van der Waals surface area contributed by atoms with Crippen LogP contribution in [-0.2, 0) is 13.5 Å². The molecule has 0 saturated carbocycles. The molecule has 0 amide bonds. The van der Waals surface area contributed by atoms with Gasteiger partial charge in [-0.05, 0) is 49.1 Å². The van der Waals surface area contributed by atoms with Crippen LogP contribution in [0, 0.1) is 5.92 Å². The first-order chi connectivity index (χ1) is 13.2. The largest absolute Gasteiger partial charge is 0.357 e. The molecule has 2 atom stereocenters. The van der Waals surface area contributed by atoms with E-state index >= 15 is 0 Å². The van der Waals surface area contributed by atoms with E-state index in [9.17, 15) is 0 Å². The minimum Gasteiger partial charge on any atom is -0.357 e. The summed E-state index contributed by atoms with van der Waals surface area (Å²) >= 11 is 0. The van der Waals surface area contributed by atoms with E-state index in [4.69, 9.17) is 4.99 Å². The van der Waals surface area contributed by atoms with Gasteiger partial charge in [0.1, 0.15) is 0 Å². The van der Waals surface area contributed by atoms with Gasteiger partial charge in [-0.1, -0.05) is 37.3 Å². The maximum absolute atomic E-state index is 4.90. The summed E-state index contributed by atoms with van der Waals surface area (Å²) in [6, 6.07) is 11.0. The fourth-order valence-corrected chi connectivity index (χ4v) is 4.03. The second-order valence-electron chi connectivity index (χ2n) is 7.59. The molecule has 0 radical (unpaired) electrons. The van der Waals surface area contributed by atoms with Crippen LogP contribution in [0.2, 0.25) is 0 Å². The second-order valence-corrected chi connectivity index (χ2v) is 7.59. The van der Waals surface area contributed by atoms with E-state index in [2.05, 4.69) is 65.7 Å². The lowest BCUT2D eigenvalue weighted by Gasteiger charge is -2.39. The highest BCUT2D eigenvalue weighted by Gasteiger charge is 2.28. The summed E-state index contributed by atoms with van der Waals surface area (Å²) in [5, 5.41) is 7.72. The number of aliphatic imine (C=N–C) groups is 1. The number of nitrogens with zero attached hydrogens (tertiary/aromatic N) is 4. The van der Waals surface area contributed by atoms with Crippen LogP contribution in [-0.4, -0.2) is 46.8 Å². The van der Waals surface area contributed by atoms with E-state index in [-0.39, 0.29) is 0 Å². The quantitative estimate of drug-likeness (QED) is 0.483. The Bertz CT molecular complexity index is 721. The van der Waals surface area contributed by atoms with Crippen molar-refractivity contribution in [2.45, 2.75) is 39.0 Å². The average Bonchev–Trinajstić information content (AvgIpc) is 3.10. The van der Waals surface area contributed by atoms with Crippen LogP contribution in [0.4, 0.5) is 0 Å². The summed E-state index contributed by atoms with van der Waals surface area (Å²) in [5.41, 5.74) is 2.76. The molecule has 146 valence electrons. The Kier molecular flexibility index (Phi) is 6.91. The van der Waals surface area contributed by atoms with Gasteiger partial charge in [-0.15, -0.1) is 0 Å². The zero-order chi connectivity index (χ0) is 19.1. The highest BCUT2D eigenvalue weighted by molar-refractivity contribution is 5.80. The van der Waals surface area contributed by atoms with Crippen molar-refractivity contribution < 1.29 is 0 Å². The summed E-state index contributed by atoms with van der Waals surface area (Å²) < 4.78 is 1.86. The molecule has 1 aliphatic heterocycles. The Balaban J connectivity index is 1.55. The molecule has 1 aromatic heterocycles. The number of piperidine rings is 1. The van der Waals surface area contributed by atoms with E-state index in [0.29, 0.717) is 11.8 Å². The molecule has 3 rings (SSSR count). The Morgan fingerprint density at radius 1 is 1.30 bits per heavy atom. The second kappa shape index (κ2) is 9.58. The number of benzene rings is 1. The van der Waals surface area contributed by atoms with Crippen molar-refractivity contribution in [3.63, 3.8) is 0 Å². The smallest absolute Gasteiger partial charge is 0.193 e.